The minimum absolute atomic E-state index is 0.0454. The van der Waals surface area contributed by atoms with Crippen molar-refractivity contribution in [3.05, 3.63) is 52.6 Å². The molecule has 1 aliphatic heterocycles. The molecule has 0 aliphatic carbocycles. The maximum atomic E-state index is 13.0. The second-order valence-electron chi connectivity index (χ2n) is 9.77. The van der Waals surface area contributed by atoms with Crippen LogP contribution < -0.4 is 9.64 Å². The molecule has 4 heteroatoms. The first-order valence-electron chi connectivity index (χ1n) is 9.90. The number of aromatic hydroxyl groups is 1. The molecule has 2 aromatic carbocycles. The van der Waals surface area contributed by atoms with E-state index in [2.05, 4.69) is 41.5 Å². The van der Waals surface area contributed by atoms with Gasteiger partial charge in [0.2, 0.25) is 0 Å². The predicted octanol–water partition coefficient (Wildman–Crippen LogP) is 5.51. The number of carbonyl (C=O) groups excluding carboxylic acids is 1. The molecule has 1 N–H and O–H groups in total. The summed E-state index contributed by atoms with van der Waals surface area (Å²) in [5, 5.41) is 11.0. The number of ether oxygens (including phenoxy) is 1. The van der Waals surface area contributed by atoms with Gasteiger partial charge in [0, 0.05) is 29.3 Å². The van der Waals surface area contributed by atoms with E-state index < -0.39 is 0 Å². The highest BCUT2D eigenvalue weighted by atomic mass is 16.5. The first-order chi connectivity index (χ1) is 13.3. The van der Waals surface area contributed by atoms with Crippen LogP contribution in [0.4, 0.5) is 5.69 Å². The Morgan fingerprint density at radius 1 is 0.966 bits per heavy atom. The fraction of sp³-hybridized carbons (Fsp3) is 0.400. The minimum atomic E-state index is -0.226. The van der Waals surface area contributed by atoms with Gasteiger partial charge in [-0.2, -0.15) is 0 Å². The molecule has 0 atom stereocenters. The van der Waals surface area contributed by atoms with Crippen LogP contribution in [0.3, 0.4) is 0 Å². The van der Waals surface area contributed by atoms with Crippen LogP contribution in [0, 0.1) is 0 Å². The molecule has 0 aromatic heterocycles. The van der Waals surface area contributed by atoms with Crippen LogP contribution >= 0.6 is 0 Å². The largest absolute Gasteiger partial charge is 0.507 e. The fourth-order valence-corrected chi connectivity index (χ4v) is 3.75. The second kappa shape index (κ2) is 6.94. The van der Waals surface area contributed by atoms with E-state index in [1.165, 1.54) is 0 Å². The summed E-state index contributed by atoms with van der Waals surface area (Å²) in [5.41, 5.74) is 4.57. The number of amides is 1. The summed E-state index contributed by atoms with van der Waals surface area (Å²) in [7, 11) is 3.41. The van der Waals surface area contributed by atoms with E-state index >= 15 is 0 Å². The Labute approximate surface area is 173 Å². The number of benzene rings is 2. The van der Waals surface area contributed by atoms with Crippen molar-refractivity contribution in [2.75, 3.05) is 19.1 Å². The molecule has 2 aromatic rings. The number of likely N-dealkylation sites (N-methyl/N-ethyl adjacent to an activating group) is 1. The molecule has 0 fully saturated rings. The third-order valence-corrected chi connectivity index (χ3v) is 5.45. The predicted molar refractivity (Wildman–Crippen MR) is 120 cm³/mol. The summed E-state index contributed by atoms with van der Waals surface area (Å²) in [6, 6.07) is 9.65. The smallest absolute Gasteiger partial charge is 0.258 e. The molecule has 0 bridgehead atoms. The summed E-state index contributed by atoms with van der Waals surface area (Å²) in [5.74, 6) is 1.01. The number of methoxy groups -OCH3 is 1. The number of phenolic OH excluding ortho intramolecular Hbond substituents is 1. The zero-order chi connectivity index (χ0) is 21.7. The van der Waals surface area contributed by atoms with Gasteiger partial charge in [0.1, 0.15) is 11.5 Å². The lowest BCUT2D eigenvalue weighted by Gasteiger charge is -2.28. The number of hydrogen-bond acceptors (Lipinski definition) is 3. The van der Waals surface area contributed by atoms with Crippen LogP contribution in [0.2, 0.25) is 0 Å². The van der Waals surface area contributed by atoms with Gasteiger partial charge in [0.15, 0.2) is 0 Å². The number of phenols is 1. The molecule has 0 unspecified atom stereocenters. The third kappa shape index (κ3) is 3.76. The highest BCUT2D eigenvalue weighted by molar-refractivity contribution is 6.35. The van der Waals surface area contributed by atoms with Gasteiger partial charge in [-0.3, -0.25) is 4.79 Å². The monoisotopic (exact) mass is 393 g/mol. The Balaban J connectivity index is 2.25. The van der Waals surface area contributed by atoms with Crippen molar-refractivity contribution in [3.8, 4) is 11.5 Å². The number of anilines is 1. The molecule has 0 saturated heterocycles. The van der Waals surface area contributed by atoms with Crippen LogP contribution in [0.25, 0.3) is 11.6 Å². The summed E-state index contributed by atoms with van der Waals surface area (Å²) >= 11 is 0. The maximum absolute atomic E-state index is 13.0. The van der Waals surface area contributed by atoms with Gasteiger partial charge in [-0.05, 0) is 52.8 Å². The topological polar surface area (TPSA) is 49.8 Å². The molecular weight excluding hydrogens is 362 g/mol. The maximum Gasteiger partial charge on any atom is 0.258 e. The van der Waals surface area contributed by atoms with Crippen LogP contribution in [-0.4, -0.2) is 25.2 Å². The Hall–Kier alpha value is -2.75. The van der Waals surface area contributed by atoms with Gasteiger partial charge in [-0.15, -0.1) is 0 Å². The number of hydrogen-bond donors (Lipinski definition) is 1. The Morgan fingerprint density at radius 3 is 2.00 bits per heavy atom. The molecule has 4 nitrogen and oxygen atoms in total. The van der Waals surface area contributed by atoms with Gasteiger partial charge in [0.05, 0.1) is 12.8 Å². The van der Waals surface area contributed by atoms with Gasteiger partial charge < -0.3 is 14.7 Å². The summed E-state index contributed by atoms with van der Waals surface area (Å²) in [6.45, 7) is 12.5. The van der Waals surface area contributed by atoms with Gasteiger partial charge in [-0.25, -0.2) is 0 Å². The van der Waals surface area contributed by atoms with Gasteiger partial charge in [-0.1, -0.05) is 41.5 Å². The van der Waals surface area contributed by atoms with Crippen LogP contribution in [0.1, 0.15) is 63.8 Å². The zero-order valence-corrected chi connectivity index (χ0v) is 18.7. The van der Waals surface area contributed by atoms with Crippen molar-refractivity contribution in [2.45, 2.75) is 52.4 Å². The number of nitrogens with zero attached hydrogens (tertiary/aromatic N) is 1. The zero-order valence-electron chi connectivity index (χ0n) is 18.7. The summed E-state index contributed by atoms with van der Waals surface area (Å²) in [6.07, 6.45) is 1.92. The van der Waals surface area contributed by atoms with Crippen molar-refractivity contribution in [1.82, 2.24) is 0 Å². The number of rotatable bonds is 2. The average molecular weight is 394 g/mol. The van der Waals surface area contributed by atoms with Crippen molar-refractivity contribution >= 4 is 23.2 Å². The van der Waals surface area contributed by atoms with E-state index in [1.54, 1.807) is 19.1 Å². The Bertz CT molecular complexity index is 969. The molecule has 0 radical (unpaired) electrons. The number of fused-ring (bicyclic) bond motifs is 1. The summed E-state index contributed by atoms with van der Waals surface area (Å²) in [4.78, 5) is 14.6. The molecule has 1 aliphatic rings. The first-order valence-corrected chi connectivity index (χ1v) is 9.90. The molecule has 1 amide bonds. The molecule has 154 valence electrons. The molecule has 0 saturated carbocycles. The first kappa shape index (κ1) is 21.0. The van der Waals surface area contributed by atoms with E-state index in [4.69, 9.17) is 4.74 Å². The van der Waals surface area contributed by atoms with Crippen molar-refractivity contribution in [3.63, 3.8) is 0 Å². The lowest BCUT2D eigenvalue weighted by atomic mass is 9.78. The van der Waals surface area contributed by atoms with Crippen LogP contribution in [-0.2, 0) is 15.6 Å². The van der Waals surface area contributed by atoms with Crippen molar-refractivity contribution < 1.29 is 14.6 Å². The SMILES string of the molecule is COc1ccc2c(c1)/C(=C/c1cc(C(C)(C)C)c(O)c(C(C)(C)C)c1)C(=O)N2C. The molecule has 3 rings (SSSR count). The van der Waals surface area contributed by atoms with Crippen molar-refractivity contribution in [2.24, 2.45) is 0 Å². The third-order valence-electron chi connectivity index (χ3n) is 5.45. The highest BCUT2D eigenvalue weighted by Crippen LogP contribution is 2.42. The normalized spacial score (nSPS) is 15.8. The quantitative estimate of drug-likeness (QED) is 0.684. The summed E-state index contributed by atoms with van der Waals surface area (Å²) < 4.78 is 5.36. The highest BCUT2D eigenvalue weighted by Gasteiger charge is 2.31. The van der Waals surface area contributed by atoms with E-state index in [0.29, 0.717) is 17.1 Å². The van der Waals surface area contributed by atoms with E-state index in [9.17, 15) is 9.90 Å². The molecule has 1 heterocycles. The minimum Gasteiger partial charge on any atom is -0.507 e. The Morgan fingerprint density at radius 2 is 1.52 bits per heavy atom. The van der Waals surface area contributed by atoms with Crippen molar-refractivity contribution in [1.29, 1.82) is 0 Å². The van der Waals surface area contributed by atoms with Gasteiger partial charge in [0.25, 0.3) is 5.91 Å². The molecule has 29 heavy (non-hydrogen) atoms. The second-order valence-corrected chi connectivity index (χ2v) is 9.77. The lowest BCUT2D eigenvalue weighted by molar-refractivity contribution is -0.112. The lowest BCUT2D eigenvalue weighted by Crippen LogP contribution is -2.20. The van der Waals surface area contributed by atoms with E-state index in [1.807, 2.05) is 36.4 Å². The Kier molecular flexibility index (Phi) is 5.02. The van der Waals surface area contributed by atoms with E-state index in [0.717, 1.165) is 27.9 Å². The standard InChI is InChI=1S/C25H31NO3/c1-24(2,3)19-12-15(13-20(22(19)27)25(4,5)6)11-18-17-14-16(29-8)9-10-21(17)26(7)23(18)28/h9-14,27H,1-8H3/b18-11-. The molecular formula is C25H31NO3. The van der Waals surface area contributed by atoms with Crippen LogP contribution in [0.5, 0.6) is 11.5 Å². The average Bonchev–Trinajstić information content (AvgIpc) is 2.85. The van der Waals surface area contributed by atoms with Crippen LogP contribution in [0.15, 0.2) is 30.3 Å². The van der Waals surface area contributed by atoms with E-state index in [-0.39, 0.29) is 16.7 Å². The van der Waals surface area contributed by atoms with Gasteiger partial charge >= 0.3 is 0 Å². The molecule has 0 spiro atoms. The number of carbonyl (C=O) groups is 1. The fourth-order valence-electron chi connectivity index (χ4n) is 3.75.